The van der Waals surface area contributed by atoms with Gasteiger partial charge in [-0.15, -0.1) is 0 Å². The van der Waals surface area contributed by atoms with Gasteiger partial charge in [-0.05, 0) is 55.9 Å². The van der Waals surface area contributed by atoms with E-state index in [2.05, 4.69) is 4.98 Å². The van der Waals surface area contributed by atoms with E-state index in [4.69, 9.17) is 15.9 Å². The molecule has 1 aliphatic rings. The SMILES string of the molecule is Cc1ccccc1Oc1nc2c(cc1C(=N)N)CCCC2. The van der Waals surface area contributed by atoms with Crippen LogP contribution in [-0.4, -0.2) is 10.8 Å². The summed E-state index contributed by atoms with van der Waals surface area (Å²) in [5.74, 6) is 1.19. The zero-order valence-electron chi connectivity index (χ0n) is 12.1. The molecule has 4 nitrogen and oxygen atoms in total. The van der Waals surface area contributed by atoms with Crippen molar-refractivity contribution in [2.75, 3.05) is 0 Å². The topological polar surface area (TPSA) is 72.0 Å². The van der Waals surface area contributed by atoms with Crippen LogP contribution in [0.25, 0.3) is 0 Å². The molecular weight excluding hydrogens is 262 g/mol. The summed E-state index contributed by atoms with van der Waals surface area (Å²) in [7, 11) is 0. The van der Waals surface area contributed by atoms with Crippen LogP contribution >= 0.6 is 0 Å². The molecule has 108 valence electrons. The van der Waals surface area contributed by atoms with Crippen molar-refractivity contribution in [3.05, 3.63) is 52.7 Å². The fourth-order valence-electron chi connectivity index (χ4n) is 2.66. The first kappa shape index (κ1) is 13.6. The van der Waals surface area contributed by atoms with Crippen molar-refractivity contribution in [1.29, 1.82) is 5.41 Å². The number of rotatable bonds is 3. The molecule has 0 spiro atoms. The number of pyridine rings is 1. The van der Waals surface area contributed by atoms with Crippen molar-refractivity contribution in [2.24, 2.45) is 5.73 Å². The minimum Gasteiger partial charge on any atom is -0.438 e. The van der Waals surface area contributed by atoms with Crippen LogP contribution in [0.3, 0.4) is 0 Å². The summed E-state index contributed by atoms with van der Waals surface area (Å²) in [4.78, 5) is 4.63. The molecule has 3 rings (SSSR count). The highest BCUT2D eigenvalue weighted by atomic mass is 16.5. The van der Waals surface area contributed by atoms with Gasteiger partial charge in [0.25, 0.3) is 0 Å². The normalized spacial score (nSPS) is 13.6. The van der Waals surface area contributed by atoms with Crippen LogP contribution in [0.5, 0.6) is 11.6 Å². The maximum absolute atomic E-state index is 7.77. The van der Waals surface area contributed by atoms with Crippen LogP contribution < -0.4 is 10.5 Å². The lowest BCUT2D eigenvalue weighted by molar-refractivity contribution is 0.453. The average Bonchev–Trinajstić information content (AvgIpc) is 2.48. The Morgan fingerprint density at radius 2 is 2.00 bits per heavy atom. The van der Waals surface area contributed by atoms with Gasteiger partial charge in [-0.2, -0.15) is 0 Å². The molecule has 0 bridgehead atoms. The third-order valence-electron chi connectivity index (χ3n) is 3.86. The molecule has 1 heterocycles. The number of aryl methyl sites for hydroxylation is 3. The zero-order valence-corrected chi connectivity index (χ0v) is 12.1. The number of hydrogen-bond acceptors (Lipinski definition) is 3. The number of aromatic nitrogens is 1. The molecule has 0 aliphatic heterocycles. The smallest absolute Gasteiger partial charge is 0.230 e. The first-order chi connectivity index (χ1) is 10.1. The van der Waals surface area contributed by atoms with Crippen LogP contribution in [0.1, 0.15) is 35.2 Å². The minimum atomic E-state index is -0.000502. The van der Waals surface area contributed by atoms with Crippen LogP contribution in [0, 0.1) is 12.3 Å². The molecule has 0 saturated carbocycles. The monoisotopic (exact) mass is 281 g/mol. The molecular formula is C17H19N3O. The molecule has 1 aromatic heterocycles. The third kappa shape index (κ3) is 2.75. The number of nitrogens with one attached hydrogen (secondary N) is 1. The number of nitrogens with two attached hydrogens (primary N) is 1. The highest BCUT2D eigenvalue weighted by Crippen LogP contribution is 2.30. The van der Waals surface area contributed by atoms with Gasteiger partial charge >= 0.3 is 0 Å². The van der Waals surface area contributed by atoms with Gasteiger partial charge in [-0.3, -0.25) is 5.41 Å². The molecule has 0 radical (unpaired) electrons. The first-order valence-corrected chi connectivity index (χ1v) is 7.26. The number of amidine groups is 1. The van der Waals surface area contributed by atoms with Gasteiger partial charge in [-0.25, -0.2) is 4.98 Å². The van der Waals surface area contributed by atoms with E-state index < -0.39 is 0 Å². The highest BCUT2D eigenvalue weighted by Gasteiger charge is 2.18. The number of benzene rings is 1. The maximum atomic E-state index is 7.77. The molecule has 1 aromatic carbocycles. The van der Waals surface area contributed by atoms with E-state index in [0.29, 0.717) is 11.4 Å². The molecule has 0 unspecified atom stereocenters. The van der Waals surface area contributed by atoms with E-state index in [-0.39, 0.29) is 5.84 Å². The number of nitrogen functional groups attached to an aromatic ring is 1. The van der Waals surface area contributed by atoms with Gasteiger partial charge in [0, 0.05) is 5.69 Å². The Morgan fingerprint density at radius 3 is 2.76 bits per heavy atom. The lowest BCUT2D eigenvalue weighted by Gasteiger charge is -2.18. The van der Waals surface area contributed by atoms with Crippen molar-refractivity contribution in [3.63, 3.8) is 0 Å². The van der Waals surface area contributed by atoms with Crippen LogP contribution in [0.4, 0.5) is 0 Å². The fraction of sp³-hybridized carbons (Fsp3) is 0.294. The number of nitrogens with zero attached hydrogens (tertiary/aromatic N) is 1. The minimum absolute atomic E-state index is 0.000502. The maximum Gasteiger partial charge on any atom is 0.230 e. The second-order valence-electron chi connectivity index (χ2n) is 5.44. The average molecular weight is 281 g/mol. The quantitative estimate of drug-likeness (QED) is 0.669. The van der Waals surface area contributed by atoms with E-state index in [1.807, 2.05) is 37.3 Å². The van der Waals surface area contributed by atoms with E-state index in [1.165, 1.54) is 12.0 Å². The molecule has 3 N–H and O–H groups in total. The van der Waals surface area contributed by atoms with Gasteiger partial charge in [-0.1, -0.05) is 18.2 Å². The Balaban J connectivity index is 2.04. The molecule has 21 heavy (non-hydrogen) atoms. The summed E-state index contributed by atoms with van der Waals surface area (Å²) in [6, 6.07) is 9.75. The lowest BCUT2D eigenvalue weighted by atomic mass is 9.95. The summed E-state index contributed by atoms with van der Waals surface area (Å²) in [6.45, 7) is 1.99. The summed E-state index contributed by atoms with van der Waals surface area (Å²) in [5, 5.41) is 7.77. The highest BCUT2D eigenvalue weighted by molar-refractivity contribution is 5.97. The van der Waals surface area contributed by atoms with Gasteiger partial charge in [0.15, 0.2) is 0 Å². The van der Waals surface area contributed by atoms with Crippen LogP contribution in [0.2, 0.25) is 0 Å². The van der Waals surface area contributed by atoms with E-state index in [9.17, 15) is 0 Å². The van der Waals surface area contributed by atoms with Crippen LogP contribution in [0.15, 0.2) is 30.3 Å². The second-order valence-corrected chi connectivity index (χ2v) is 5.44. The third-order valence-corrected chi connectivity index (χ3v) is 3.86. The second kappa shape index (κ2) is 5.56. The zero-order chi connectivity index (χ0) is 14.8. The van der Waals surface area contributed by atoms with E-state index in [0.717, 1.165) is 36.3 Å². The Bertz CT molecular complexity index is 694. The number of hydrogen-bond donors (Lipinski definition) is 2. The van der Waals surface area contributed by atoms with Gasteiger partial charge in [0.05, 0.1) is 5.56 Å². The Labute approximate surface area is 124 Å². The predicted octanol–water partition coefficient (Wildman–Crippen LogP) is 3.35. The number of fused-ring (bicyclic) bond motifs is 1. The van der Waals surface area contributed by atoms with Crippen molar-refractivity contribution in [2.45, 2.75) is 32.6 Å². The summed E-state index contributed by atoms with van der Waals surface area (Å²) in [6.07, 6.45) is 4.30. The molecule has 1 aliphatic carbocycles. The number of para-hydroxylation sites is 1. The van der Waals surface area contributed by atoms with Gasteiger partial charge < -0.3 is 10.5 Å². The molecule has 4 heteroatoms. The van der Waals surface area contributed by atoms with Gasteiger partial charge in [0.1, 0.15) is 11.6 Å². The van der Waals surface area contributed by atoms with Crippen molar-refractivity contribution >= 4 is 5.84 Å². The predicted molar refractivity (Wildman–Crippen MR) is 83.1 cm³/mol. The first-order valence-electron chi connectivity index (χ1n) is 7.26. The van der Waals surface area contributed by atoms with Gasteiger partial charge in [0.2, 0.25) is 5.88 Å². The van der Waals surface area contributed by atoms with Crippen LogP contribution in [-0.2, 0) is 12.8 Å². The molecule has 0 atom stereocenters. The molecule has 0 saturated heterocycles. The number of ether oxygens (including phenoxy) is 1. The fourth-order valence-corrected chi connectivity index (χ4v) is 2.66. The summed E-state index contributed by atoms with van der Waals surface area (Å²) in [5.41, 5.74) is 9.60. The van der Waals surface area contributed by atoms with E-state index in [1.54, 1.807) is 0 Å². The summed E-state index contributed by atoms with van der Waals surface area (Å²) < 4.78 is 5.94. The van der Waals surface area contributed by atoms with Crippen molar-refractivity contribution in [1.82, 2.24) is 4.98 Å². The Kier molecular flexibility index (Phi) is 3.60. The Hall–Kier alpha value is -2.36. The molecule has 0 fully saturated rings. The molecule has 0 amide bonds. The largest absolute Gasteiger partial charge is 0.438 e. The standard InChI is InChI=1S/C17H19N3O/c1-11-6-2-5-9-15(11)21-17-13(16(18)19)10-12-7-3-4-8-14(12)20-17/h2,5-6,9-10H,3-4,7-8H2,1H3,(H3,18,19). The Morgan fingerprint density at radius 1 is 1.24 bits per heavy atom. The molecule has 2 aromatic rings. The summed E-state index contributed by atoms with van der Waals surface area (Å²) >= 11 is 0. The van der Waals surface area contributed by atoms with Crippen molar-refractivity contribution in [3.8, 4) is 11.6 Å². The lowest BCUT2D eigenvalue weighted by Crippen LogP contribution is -2.16. The van der Waals surface area contributed by atoms with Crippen molar-refractivity contribution < 1.29 is 4.74 Å². The van der Waals surface area contributed by atoms with E-state index >= 15 is 0 Å².